The number of nitrogens with one attached hydrogen (secondary N) is 1. The van der Waals surface area contributed by atoms with E-state index in [2.05, 4.69) is 15.0 Å². The molecule has 0 aliphatic rings. The highest BCUT2D eigenvalue weighted by Gasteiger charge is 2.13. The number of nitrogens with zero attached hydrogens (tertiary/aromatic N) is 2. The van der Waals surface area contributed by atoms with Crippen LogP contribution in [0.1, 0.15) is 5.82 Å². The molecule has 0 atom stereocenters. The lowest BCUT2D eigenvalue weighted by molar-refractivity contribution is 1.04. The van der Waals surface area contributed by atoms with Crippen LogP contribution in [0.3, 0.4) is 0 Å². The van der Waals surface area contributed by atoms with Crippen molar-refractivity contribution in [1.82, 2.24) is 15.0 Å². The van der Waals surface area contributed by atoms with Gasteiger partial charge in [0.05, 0.1) is 11.3 Å². The molecule has 0 aliphatic heterocycles. The van der Waals surface area contributed by atoms with Gasteiger partial charge in [0.25, 0.3) is 5.56 Å². The van der Waals surface area contributed by atoms with E-state index in [9.17, 15) is 4.79 Å². The van der Waals surface area contributed by atoms with Gasteiger partial charge in [0, 0.05) is 22.5 Å². The zero-order chi connectivity index (χ0) is 11.8. The lowest BCUT2D eigenvalue weighted by Crippen LogP contribution is -2.10. The van der Waals surface area contributed by atoms with Gasteiger partial charge in [0.1, 0.15) is 15.7 Å². The quantitative estimate of drug-likeness (QED) is 0.736. The highest BCUT2D eigenvalue weighted by molar-refractivity contribution is 7.18. The minimum atomic E-state index is -0.155. The fourth-order valence-electron chi connectivity index (χ4n) is 1.57. The number of hydrogen-bond acceptors (Lipinski definition) is 5. The Morgan fingerprint density at radius 2 is 2.29 bits per heavy atom. The third kappa shape index (κ3) is 1.78. The Bertz CT molecular complexity index is 717. The Kier molecular flexibility index (Phi) is 2.70. The second-order valence-electron chi connectivity index (χ2n) is 3.31. The number of alkyl halides is 1. The van der Waals surface area contributed by atoms with E-state index < -0.39 is 0 Å². The van der Waals surface area contributed by atoms with Gasteiger partial charge < -0.3 is 4.98 Å². The molecule has 3 rings (SSSR count). The van der Waals surface area contributed by atoms with Gasteiger partial charge in [-0.05, 0) is 0 Å². The molecule has 0 unspecified atom stereocenters. The van der Waals surface area contributed by atoms with Crippen molar-refractivity contribution in [2.45, 2.75) is 5.88 Å². The summed E-state index contributed by atoms with van der Waals surface area (Å²) in [4.78, 5) is 23.8. The molecule has 4 nitrogen and oxygen atoms in total. The third-order valence-electron chi connectivity index (χ3n) is 2.28. The summed E-state index contributed by atoms with van der Waals surface area (Å²) in [5.41, 5.74) is 0.687. The van der Waals surface area contributed by atoms with Crippen molar-refractivity contribution < 1.29 is 0 Å². The third-order valence-corrected chi connectivity index (χ3v) is 4.21. The van der Waals surface area contributed by atoms with Crippen LogP contribution >= 0.6 is 34.3 Å². The number of aromatic nitrogens is 3. The Balaban J connectivity index is 2.33. The lowest BCUT2D eigenvalue weighted by atomic mass is 10.2. The maximum absolute atomic E-state index is 12.0. The van der Waals surface area contributed by atoms with Gasteiger partial charge in [0.15, 0.2) is 0 Å². The molecule has 0 saturated heterocycles. The number of H-pyrrole nitrogens is 1. The molecule has 17 heavy (non-hydrogen) atoms. The van der Waals surface area contributed by atoms with E-state index in [0.717, 1.165) is 10.6 Å². The van der Waals surface area contributed by atoms with Crippen LogP contribution < -0.4 is 5.56 Å². The summed E-state index contributed by atoms with van der Waals surface area (Å²) < 4.78 is 0. The molecule has 86 valence electrons. The van der Waals surface area contributed by atoms with Crippen LogP contribution in [0.5, 0.6) is 0 Å². The normalized spacial score (nSPS) is 11.1. The van der Waals surface area contributed by atoms with Gasteiger partial charge in [-0.25, -0.2) is 9.97 Å². The summed E-state index contributed by atoms with van der Waals surface area (Å²) >= 11 is 8.60. The Labute approximate surface area is 109 Å². The van der Waals surface area contributed by atoms with Crippen molar-refractivity contribution >= 4 is 44.5 Å². The fraction of sp³-hybridized carbons (Fsp3) is 0.100. The van der Waals surface area contributed by atoms with Crippen LogP contribution in [0, 0.1) is 0 Å². The Hall–Kier alpha value is -1.24. The molecule has 0 radical (unpaired) electrons. The maximum Gasteiger partial charge on any atom is 0.260 e. The Morgan fingerprint density at radius 1 is 1.41 bits per heavy atom. The number of fused-ring (bicyclic) bond motifs is 1. The van der Waals surface area contributed by atoms with E-state index in [1.165, 1.54) is 22.7 Å². The first kappa shape index (κ1) is 10.9. The largest absolute Gasteiger partial charge is 0.309 e. The monoisotopic (exact) mass is 283 g/mol. The predicted octanol–water partition coefficient (Wildman–Crippen LogP) is 2.85. The molecule has 0 spiro atoms. The van der Waals surface area contributed by atoms with Gasteiger partial charge in [-0.3, -0.25) is 4.79 Å². The first-order chi connectivity index (χ1) is 8.29. The molecular formula is C10H6ClN3OS2. The van der Waals surface area contributed by atoms with Gasteiger partial charge in [-0.1, -0.05) is 0 Å². The number of halogens is 1. The SMILES string of the molecule is O=c1[nH]c(CCl)nc2scc(-c3nccs3)c12. The van der Waals surface area contributed by atoms with Gasteiger partial charge in [-0.2, -0.15) is 0 Å². The average Bonchev–Trinajstić information content (AvgIpc) is 2.96. The van der Waals surface area contributed by atoms with Gasteiger partial charge in [0.2, 0.25) is 0 Å². The Morgan fingerprint density at radius 3 is 3.00 bits per heavy atom. The molecule has 1 N–H and O–H groups in total. The van der Waals surface area contributed by atoms with Crippen LogP contribution in [0.25, 0.3) is 20.8 Å². The molecule has 0 amide bonds. The van der Waals surface area contributed by atoms with E-state index in [4.69, 9.17) is 11.6 Å². The average molecular weight is 284 g/mol. The molecule has 3 aromatic heterocycles. The molecule has 0 aliphatic carbocycles. The molecular weight excluding hydrogens is 278 g/mol. The number of rotatable bonds is 2. The first-order valence-corrected chi connectivity index (χ1v) is 7.05. The molecule has 3 aromatic rings. The van der Waals surface area contributed by atoms with Crippen LogP contribution in [-0.2, 0) is 5.88 Å². The minimum Gasteiger partial charge on any atom is -0.309 e. The number of thiazole rings is 1. The highest BCUT2D eigenvalue weighted by atomic mass is 35.5. The number of aromatic amines is 1. The van der Waals surface area contributed by atoms with Gasteiger partial charge >= 0.3 is 0 Å². The van der Waals surface area contributed by atoms with Gasteiger partial charge in [-0.15, -0.1) is 34.3 Å². The van der Waals surface area contributed by atoms with Crippen LogP contribution in [-0.4, -0.2) is 15.0 Å². The molecule has 7 heteroatoms. The maximum atomic E-state index is 12.0. The van der Waals surface area contributed by atoms with Crippen LogP contribution in [0.2, 0.25) is 0 Å². The number of thiophene rings is 1. The second kappa shape index (κ2) is 4.21. The predicted molar refractivity (Wildman–Crippen MR) is 70.9 cm³/mol. The van der Waals surface area contributed by atoms with E-state index in [-0.39, 0.29) is 11.4 Å². The van der Waals surface area contributed by atoms with Crippen molar-refractivity contribution in [2.75, 3.05) is 0 Å². The van der Waals surface area contributed by atoms with Crippen molar-refractivity contribution in [3.63, 3.8) is 0 Å². The van der Waals surface area contributed by atoms with Crippen molar-refractivity contribution in [1.29, 1.82) is 0 Å². The van der Waals surface area contributed by atoms with Crippen molar-refractivity contribution in [3.05, 3.63) is 33.1 Å². The fourth-order valence-corrected chi connectivity index (χ4v) is 3.37. The van der Waals surface area contributed by atoms with E-state index in [1.807, 2.05) is 10.8 Å². The second-order valence-corrected chi connectivity index (χ2v) is 5.33. The summed E-state index contributed by atoms with van der Waals surface area (Å²) in [5.74, 6) is 0.701. The van der Waals surface area contributed by atoms with Crippen molar-refractivity contribution in [3.8, 4) is 10.6 Å². The smallest absolute Gasteiger partial charge is 0.260 e. The zero-order valence-electron chi connectivity index (χ0n) is 8.44. The topological polar surface area (TPSA) is 58.6 Å². The van der Waals surface area contributed by atoms with E-state index in [1.54, 1.807) is 6.20 Å². The molecule has 3 heterocycles. The van der Waals surface area contributed by atoms with Crippen molar-refractivity contribution in [2.24, 2.45) is 0 Å². The lowest BCUT2D eigenvalue weighted by Gasteiger charge is -1.96. The molecule has 0 saturated carbocycles. The molecule has 0 fully saturated rings. The first-order valence-electron chi connectivity index (χ1n) is 4.76. The summed E-state index contributed by atoms with van der Waals surface area (Å²) in [6.45, 7) is 0. The van der Waals surface area contributed by atoms with E-state index >= 15 is 0 Å². The summed E-state index contributed by atoms with van der Waals surface area (Å²) in [6, 6.07) is 0. The standard InChI is InChI=1S/C10H6ClN3OS2/c11-3-6-13-8(15)7-5(4-17-10(7)14-6)9-12-1-2-16-9/h1-2,4H,3H2,(H,13,14,15). The summed E-state index contributed by atoms with van der Waals surface area (Å²) in [7, 11) is 0. The van der Waals surface area contributed by atoms with Crippen LogP contribution in [0.15, 0.2) is 21.8 Å². The van der Waals surface area contributed by atoms with Crippen LogP contribution in [0.4, 0.5) is 0 Å². The highest BCUT2D eigenvalue weighted by Crippen LogP contribution is 2.31. The zero-order valence-corrected chi connectivity index (χ0v) is 10.8. The molecule has 0 bridgehead atoms. The number of hydrogen-bond donors (Lipinski definition) is 1. The van der Waals surface area contributed by atoms with E-state index in [0.29, 0.717) is 16.0 Å². The summed E-state index contributed by atoms with van der Waals surface area (Å²) in [5, 5.41) is 5.22. The summed E-state index contributed by atoms with van der Waals surface area (Å²) in [6.07, 6.45) is 1.72. The molecule has 0 aromatic carbocycles. The minimum absolute atomic E-state index is 0.155.